The molecule has 0 bridgehead atoms. The molecule has 0 saturated heterocycles. The van der Waals surface area contributed by atoms with Crippen LogP contribution in [0.3, 0.4) is 0 Å². The first-order valence-corrected chi connectivity index (χ1v) is 9.59. The molecular weight excluding hydrogens is 360 g/mol. The third kappa shape index (κ3) is 4.58. The molecule has 0 aliphatic carbocycles. The maximum Gasteiger partial charge on any atom is 0.252 e. The largest absolute Gasteiger partial charge is 0.352 e. The molecule has 0 spiro atoms. The minimum atomic E-state index is -0.115. The molecule has 4 aromatic rings. The van der Waals surface area contributed by atoms with E-state index in [1.54, 1.807) is 18.5 Å². The van der Waals surface area contributed by atoms with Gasteiger partial charge >= 0.3 is 0 Å². The molecule has 0 unspecified atom stereocenters. The summed E-state index contributed by atoms with van der Waals surface area (Å²) in [7, 11) is 0. The van der Waals surface area contributed by atoms with Crippen molar-refractivity contribution in [3.8, 4) is 16.9 Å². The van der Waals surface area contributed by atoms with Crippen LogP contribution in [0.25, 0.3) is 16.9 Å². The van der Waals surface area contributed by atoms with Crippen LogP contribution in [0.4, 0.5) is 0 Å². The molecular formula is C24H22N4O. The molecule has 29 heavy (non-hydrogen) atoms. The molecule has 144 valence electrons. The quantitative estimate of drug-likeness (QED) is 0.543. The molecule has 5 nitrogen and oxygen atoms in total. The van der Waals surface area contributed by atoms with Crippen molar-refractivity contribution in [2.75, 3.05) is 6.54 Å². The van der Waals surface area contributed by atoms with Crippen molar-refractivity contribution in [3.05, 3.63) is 102 Å². The van der Waals surface area contributed by atoms with E-state index in [2.05, 4.69) is 46.6 Å². The van der Waals surface area contributed by atoms with Crippen LogP contribution in [-0.4, -0.2) is 27.2 Å². The van der Waals surface area contributed by atoms with Crippen molar-refractivity contribution in [1.29, 1.82) is 0 Å². The van der Waals surface area contributed by atoms with E-state index < -0.39 is 0 Å². The van der Waals surface area contributed by atoms with Gasteiger partial charge in [0.2, 0.25) is 0 Å². The summed E-state index contributed by atoms with van der Waals surface area (Å²) in [6.07, 6.45) is 6.13. The van der Waals surface area contributed by atoms with E-state index in [0.717, 1.165) is 23.4 Å². The van der Waals surface area contributed by atoms with E-state index in [4.69, 9.17) is 0 Å². The predicted octanol–water partition coefficient (Wildman–Crippen LogP) is 4.22. The van der Waals surface area contributed by atoms with Gasteiger partial charge in [0.15, 0.2) is 0 Å². The van der Waals surface area contributed by atoms with Crippen molar-refractivity contribution in [3.63, 3.8) is 0 Å². The Morgan fingerprint density at radius 2 is 1.76 bits per heavy atom. The zero-order valence-electron chi connectivity index (χ0n) is 16.2. The highest BCUT2D eigenvalue weighted by Gasteiger charge is 2.08. The molecule has 0 saturated carbocycles. The zero-order chi connectivity index (χ0) is 20.1. The van der Waals surface area contributed by atoms with Crippen molar-refractivity contribution >= 4 is 5.91 Å². The van der Waals surface area contributed by atoms with Crippen LogP contribution in [0.2, 0.25) is 0 Å². The van der Waals surface area contributed by atoms with Crippen LogP contribution in [0.15, 0.2) is 85.3 Å². The van der Waals surface area contributed by atoms with E-state index in [1.807, 2.05) is 47.3 Å². The summed E-state index contributed by atoms with van der Waals surface area (Å²) in [5.74, 6) is -0.115. The summed E-state index contributed by atoms with van der Waals surface area (Å²) < 4.78 is 1.82. The average Bonchev–Trinajstić information content (AvgIpc) is 3.25. The number of hydrogen-bond acceptors (Lipinski definition) is 3. The van der Waals surface area contributed by atoms with Gasteiger partial charge in [0.25, 0.3) is 5.91 Å². The maximum atomic E-state index is 12.3. The van der Waals surface area contributed by atoms with E-state index in [-0.39, 0.29) is 5.91 Å². The fourth-order valence-electron chi connectivity index (χ4n) is 3.06. The Balaban J connectivity index is 1.38. The summed E-state index contributed by atoms with van der Waals surface area (Å²) >= 11 is 0. The fraction of sp³-hybridized carbons (Fsp3) is 0.125. The maximum absolute atomic E-state index is 12.3. The highest BCUT2D eigenvalue weighted by molar-refractivity contribution is 5.94. The standard InChI is InChI=1S/C24H22N4O/c1-18-7-10-22(11-8-18)28-17-21(16-27-28)23-12-9-20(15-26-23)24(29)25-14-13-19-5-3-2-4-6-19/h2-12,15-17H,13-14H2,1H3,(H,25,29). The first-order valence-electron chi connectivity index (χ1n) is 9.59. The molecule has 4 rings (SSSR count). The Morgan fingerprint density at radius 3 is 2.48 bits per heavy atom. The predicted molar refractivity (Wildman–Crippen MR) is 114 cm³/mol. The van der Waals surface area contributed by atoms with Crippen molar-refractivity contribution in [2.24, 2.45) is 0 Å². The first kappa shape index (κ1) is 18.6. The van der Waals surface area contributed by atoms with Crippen molar-refractivity contribution in [1.82, 2.24) is 20.1 Å². The SMILES string of the molecule is Cc1ccc(-n2cc(-c3ccc(C(=O)NCCc4ccccc4)cn3)cn2)cc1. The highest BCUT2D eigenvalue weighted by Crippen LogP contribution is 2.18. The van der Waals surface area contributed by atoms with Gasteiger partial charge in [0.1, 0.15) is 0 Å². The van der Waals surface area contributed by atoms with Crippen LogP contribution in [0.1, 0.15) is 21.5 Å². The Labute approximate surface area is 170 Å². The fourth-order valence-corrected chi connectivity index (χ4v) is 3.06. The topological polar surface area (TPSA) is 59.8 Å². The number of nitrogens with one attached hydrogen (secondary N) is 1. The molecule has 2 aromatic carbocycles. The van der Waals surface area contributed by atoms with Gasteiger partial charge in [-0.25, -0.2) is 4.68 Å². The summed E-state index contributed by atoms with van der Waals surface area (Å²) in [5.41, 5.74) is 5.64. The molecule has 0 radical (unpaired) electrons. The first-order chi connectivity index (χ1) is 14.2. The Bertz CT molecular complexity index is 1080. The number of amides is 1. The van der Waals surface area contributed by atoms with Gasteiger partial charge in [-0.1, -0.05) is 48.0 Å². The molecule has 1 amide bonds. The van der Waals surface area contributed by atoms with Crippen LogP contribution in [-0.2, 0) is 6.42 Å². The minimum absolute atomic E-state index is 0.115. The molecule has 0 fully saturated rings. The number of carbonyl (C=O) groups is 1. The molecule has 0 aliphatic heterocycles. The van der Waals surface area contributed by atoms with Crippen LogP contribution in [0, 0.1) is 6.92 Å². The Hall–Kier alpha value is -3.73. The lowest BCUT2D eigenvalue weighted by atomic mass is 10.1. The monoisotopic (exact) mass is 382 g/mol. The molecule has 1 N–H and O–H groups in total. The third-order valence-corrected chi connectivity index (χ3v) is 4.74. The number of carbonyl (C=O) groups excluding carboxylic acids is 1. The Morgan fingerprint density at radius 1 is 0.966 bits per heavy atom. The molecule has 0 atom stereocenters. The number of hydrogen-bond donors (Lipinski definition) is 1. The lowest BCUT2D eigenvalue weighted by Gasteiger charge is -2.06. The van der Waals surface area contributed by atoms with Crippen molar-refractivity contribution in [2.45, 2.75) is 13.3 Å². The highest BCUT2D eigenvalue weighted by atomic mass is 16.1. The number of rotatable bonds is 6. The van der Waals surface area contributed by atoms with Crippen LogP contribution < -0.4 is 5.32 Å². The van der Waals surface area contributed by atoms with E-state index in [0.29, 0.717) is 12.1 Å². The summed E-state index contributed by atoms with van der Waals surface area (Å²) in [6, 6.07) is 21.9. The van der Waals surface area contributed by atoms with Crippen LogP contribution >= 0.6 is 0 Å². The molecule has 2 aromatic heterocycles. The van der Waals surface area contributed by atoms with Gasteiger partial charge < -0.3 is 5.32 Å². The van der Waals surface area contributed by atoms with E-state index in [9.17, 15) is 4.79 Å². The summed E-state index contributed by atoms with van der Waals surface area (Å²) in [4.78, 5) is 16.8. The van der Waals surface area contributed by atoms with Crippen LogP contribution in [0.5, 0.6) is 0 Å². The second-order valence-electron chi connectivity index (χ2n) is 6.93. The number of pyridine rings is 1. The second kappa shape index (κ2) is 8.52. The third-order valence-electron chi connectivity index (χ3n) is 4.74. The Kier molecular flexibility index (Phi) is 5.47. The number of nitrogens with zero attached hydrogens (tertiary/aromatic N) is 3. The summed E-state index contributed by atoms with van der Waals surface area (Å²) in [6.45, 7) is 2.65. The number of aryl methyl sites for hydroxylation is 1. The normalized spacial score (nSPS) is 10.7. The minimum Gasteiger partial charge on any atom is -0.352 e. The number of benzene rings is 2. The second-order valence-corrected chi connectivity index (χ2v) is 6.93. The van der Waals surface area contributed by atoms with E-state index >= 15 is 0 Å². The lowest BCUT2D eigenvalue weighted by molar-refractivity contribution is 0.0954. The molecule has 0 aliphatic rings. The average molecular weight is 382 g/mol. The van der Waals surface area contributed by atoms with Gasteiger partial charge in [0, 0.05) is 24.5 Å². The van der Waals surface area contributed by atoms with Gasteiger partial charge in [-0.3, -0.25) is 9.78 Å². The van der Waals surface area contributed by atoms with E-state index in [1.165, 1.54) is 11.1 Å². The van der Waals surface area contributed by atoms with Gasteiger partial charge in [0.05, 0.1) is 23.1 Å². The van der Waals surface area contributed by atoms with Gasteiger partial charge in [-0.05, 0) is 43.2 Å². The van der Waals surface area contributed by atoms with Crippen molar-refractivity contribution < 1.29 is 4.79 Å². The molecule has 2 heterocycles. The zero-order valence-corrected chi connectivity index (χ0v) is 16.2. The van der Waals surface area contributed by atoms with Gasteiger partial charge in [-0.15, -0.1) is 0 Å². The smallest absolute Gasteiger partial charge is 0.252 e. The lowest BCUT2D eigenvalue weighted by Crippen LogP contribution is -2.25. The molecule has 5 heteroatoms. The van der Waals surface area contributed by atoms with Gasteiger partial charge in [-0.2, -0.15) is 5.10 Å². The number of aromatic nitrogens is 3. The summed E-state index contributed by atoms with van der Waals surface area (Å²) in [5, 5.41) is 7.36.